The lowest BCUT2D eigenvalue weighted by molar-refractivity contribution is 0.630. The number of nitrogens with one attached hydrogen (secondary N) is 1. The van der Waals surface area contributed by atoms with E-state index in [-0.39, 0.29) is 5.56 Å². The van der Waals surface area contributed by atoms with E-state index in [4.69, 9.17) is 0 Å². The maximum absolute atomic E-state index is 11.7. The van der Waals surface area contributed by atoms with Crippen LogP contribution in [-0.2, 0) is 12.8 Å². The van der Waals surface area contributed by atoms with Crippen LogP contribution in [-0.4, -0.2) is 9.97 Å². The van der Waals surface area contributed by atoms with Crippen LogP contribution in [0.15, 0.2) is 35.1 Å². The first-order valence-corrected chi connectivity index (χ1v) is 6.67. The van der Waals surface area contributed by atoms with Crippen LogP contribution < -0.4 is 5.56 Å². The number of hydrogen-bond donors (Lipinski definition) is 1. The maximum Gasteiger partial charge on any atom is 0.251 e. The van der Waals surface area contributed by atoms with Crippen LogP contribution in [0.3, 0.4) is 0 Å². The van der Waals surface area contributed by atoms with Crippen molar-refractivity contribution in [3.63, 3.8) is 0 Å². The van der Waals surface area contributed by atoms with Gasteiger partial charge in [0.2, 0.25) is 0 Å². The fourth-order valence-corrected chi connectivity index (χ4v) is 2.19. The number of rotatable bonds is 4. The largest absolute Gasteiger partial charge is 0.310 e. The number of aromatic amines is 1. The summed E-state index contributed by atoms with van der Waals surface area (Å²) >= 11 is 0. The molecule has 0 radical (unpaired) electrons. The van der Waals surface area contributed by atoms with E-state index in [2.05, 4.69) is 48.9 Å². The Morgan fingerprint density at radius 2 is 2.05 bits per heavy atom. The van der Waals surface area contributed by atoms with Gasteiger partial charge >= 0.3 is 0 Å². The molecule has 1 aromatic carbocycles. The van der Waals surface area contributed by atoms with Gasteiger partial charge in [-0.05, 0) is 24.8 Å². The van der Waals surface area contributed by atoms with Crippen molar-refractivity contribution < 1.29 is 0 Å². The number of H-pyrrole nitrogens is 1. The molecule has 0 saturated heterocycles. The molecule has 0 fully saturated rings. The Labute approximate surface area is 113 Å². The van der Waals surface area contributed by atoms with E-state index in [1.807, 2.05) is 6.07 Å². The molecule has 1 heterocycles. The molecule has 100 valence electrons. The van der Waals surface area contributed by atoms with Crippen molar-refractivity contribution in [2.45, 2.75) is 33.6 Å². The Balaban J connectivity index is 2.25. The number of aromatic nitrogens is 2. The van der Waals surface area contributed by atoms with Gasteiger partial charge in [0.15, 0.2) is 0 Å². The van der Waals surface area contributed by atoms with Gasteiger partial charge in [-0.25, -0.2) is 4.98 Å². The second-order valence-corrected chi connectivity index (χ2v) is 5.45. The van der Waals surface area contributed by atoms with Crippen molar-refractivity contribution in [2.24, 2.45) is 5.92 Å². The van der Waals surface area contributed by atoms with Gasteiger partial charge in [-0.15, -0.1) is 0 Å². The monoisotopic (exact) mass is 256 g/mol. The van der Waals surface area contributed by atoms with Gasteiger partial charge in [-0.3, -0.25) is 4.79 Å². The van der Waals surface area contributed by atoms with Crippen LogP contribution in [0.5, 0.6) is 0 Å². The fourth-order valence-electron chi connectivity index (χ4n) is 2.19. The lowest BCUT2D eigenvalue weighted by Crippen LogP contribution is -2.14. The molecule has 2 aromatic rings. The van der Waals surface area contributed by atoms with Crippen LogP contribution in [0.1, 0.15) is 36.5 Å². The van der Waals surface area contributed by atoms with Gasteiger partial charge in [0.05, 0.1) is 0 Å². The summed E-state index contributed by atoms with van der Waals surface area (Å²) < 4.78 is 0. The van der Waals surface area contributed by atoms with Crippen LogP contribution in [0.2, 0.25) is 0 Å². The third kappa shape index (κ3) is 4.05. The molecule has 0 aliphatic rings. The smallest absolute Gasteiger partial charge is 0.251 e. The highest BCUT2D eigenvalue weighted by atomic mass is 16.1. The average molecular weight is 256 g/mol. The first kappa shape index (κ1) is 13.5. The van der Waals surface area contributed by atoms with Gasteiger partial charge < -0.3 is 4.98 Å². The van der Waals surface area contributed by atoms with E-state index in [0.29, 0.717) is 12.3 Å². The molecule has 0 atom stereocenters. The van der Waals surface area contributed by atoms with Crippen molar-refractivity contribution in [3.05, 3.63) is 63.3 Å². The van der Waals surface area contributed by atoms with Crippen LogP contribution in [0, 0.1) is 12.8 Å². The maximum atomic E-state index is 11.7. The standard InChI is InChI=1S/C16H20N2O/c1-11(2)7-14-10-16(19)18-15(17-14)9-13-6-4-5-12(3)8-13/h4-6,8,10-11H,7,9H2,1-3H3,(H,17,18,19). The van der Waals surface area contributed by atoms with E-state index in [1.165, 1.54) is 11.1 Å². The first-order valence-electron chi connectivity index (χ1n) is 6.67. The molecule has 0 aliphatic heterocycles. The quantitative estimate of drug-likeness (QED) is 0.914. The van der Waals surface area contributed by atoms with Crippen LogP contribution in [0.4, 0.5) is 0 Å². The zero-order valence-electron chi connectivity index (χ0n) is 11.7. The SMILES string of the molecule is Cc1cccc(Cc2nc(CC(C)C)cc(=O)[nH]2)c1. The molecule has 3 heteroatoms. The summed E-state index contributed by atoms with van der Waals surface area (Å²) in [4.78, 5) is 19.0. The molecule has 0 unspecified atom stereocenters. The summed E-state index contributed by atoms with van der Waals surface area (Å²) in [6.07, 6.45) is 1.51. The van der Waals surface area contributed by atoms with E-state index in [9.17, 15) is 4.79 Å². The molecule has 0 aliphatic carbocycles. The molecule has 0 saturated carbocycles. The minimum absolute atomic E-state index is 0.0618. The third-order valence-electron chi connectivity index (χ3n) is 2.92. The first-order chi connectivity index (χ1) is 9.02. The summed E-state index contributed by atoms with van der Waals surface area (Å²) in [6, 6.07) is 9.87. The van der Waals surface area contributed by atoms with Crippen molar-refractivity contribution in [1.29, 1.82) is 0 Å². The summed E-state index contributed by atoms with van der Waals surface area (Å²) in [5.74, 6) is 1.25. The lowest BCUT2D eigenvalue weighted by atomic mass is 10.1. The number of benzene rings is 1. The molecule has 1 N–H and O–H groups in total. The summed E-state index contributed by atoms with van der Waals surface area (Å²) in [7, 11) is 0. The Morgan fingerprint density at radius 3 is 2.74 bits per heavy atom. The predicted molar refractivity (Wildman–Crippen MR) is 77.4 cm³/mol. The molecule has 3 nitrogen and oxygen atoms in total. The minimum atomic E-state index is -0.0618. The average Bonchev–Trinajstić information content (AvgIpc) is 2.26. The van der Waals surface area contributed by atoms with E-state index in [0.717, 1.165) is 17.9 Å². The summed E-state index contributed by atoms with van der Waals surface area (Å²) in [5, 5.41) is 0. The Hall–Kier alpha value is -1.90. The highest BCUT2D eigenvalue weighted by Crippen LogP contribution is 2.09. The molecular weight excluding hydrogens is 236 g/mol. The molecule has 19 heavy (non-hydrogen) atoms. The Morgan fingerprint density at radius 1 is 1.26 bits per heavy atom. The van der Waals surface area contributed by atoms with Gasteiger partial charge in [-0.1, -0.05) is 43.7 Å². The summed E-state index contributed by atoms with van der Waals surface area (Å²) in [5.41, 5.74) is 3.21. The highest BCUT2D eigenvalue weighted by Gasteiger charge is 2.05. The topological polar surface area (TPSA) is 45.8 Å². The molecular formula is C16H20N2O. The Bertz CT molecular complexity index is 614. The van der Waals surface area contributed by atoms with Gasteiger partial charge in [0, 0.05) is 18.2 Å². The molecule has 0 bridgehead atoms. The van der Waals surface area contributed by atoms with Crippen molar-refractivity contribution in [2.75, 3.05) is 0 Å². The number of nitrogens with zero attached hydrogens (tertiary/aromatic N) is 1. The van der Waals surface area contributed by atoms with E-state index < -0.39 is 0 Å². The third-order valence-corrected chi connectivity index (χ3v) is 2.92. The lowest BCUT2D eigenvalue weighted by Gasteiger charge is -2.07. The molecule has 0 spiro atoms. The van der Waals surface area contributed by atoms with Crippen molar-refractivity contribution in [3.8, 4) is 0 Å². The van der Waals surface area contributed by atoms with Crippen molar-refractivity contribution >= 4 is 0 Å². The minimum Gasteiger partial charge on any atom is -0.310 e. The van der Waals surface area contributed by atoms with Crippen molar-refractivity contribution in [1.82, 2.24) is 9.97 Å². The van der Waals surface area contributed by atoms with Crippen LogP contribution >= 0.6 is 0 Å². The second kappa shape index (κ2) is 5.83. The van der Waals surface area contributed by atoms with Gasteiger partial charge in [0.25, 0.3) is 5.56 Å². The van der Waals surface area contributed by atoms with Gasteiger partial charge in [-0.2, -0.15) is 0 Å². The zero-order valence-corrected chi connectivity index (χ0v) is 11.7. The highest BCUT2D eigenvalue weighted by molar-refractivity contribution is 5.25. The Kier molecular flexibility index (Phi) is 4.15. The predicted octanol–water partition coefficient (Wildman–Crippen LogP) is 2.87. The fraction of sp³-hybridized carbons (Fsp3) is 0.375. The molecule has 2 rings (SSSR count). The normalized spacial score (nSPS) is 10.9. The number of hydrogen-bond acceptors (Lipinski definition) is 2. The molecule has 1 aromatic heterocycles. The van der Waals surface area contributed by atoms with Gasteiger partial charge in [0.1, 0.15) is 5.82 Å². The van der Waals surface area contributed by atoms with Crippen LogP contribution in [0.25, 0.3) is 0 Å². The second-order valence-electron chi connectivity index (χ2n) is 5.45. The molecule has 0 amide bonds. The summed E-state index contributed by atoms with van der Waals surface area (Å²) in [6.45, 7) is 6.32. The van der Waals surface area contributed by atoms with E-state index in [1.54, 1.807) is 6.07 Å². The van der Waals surface area contributed by atoms with E-state index >= 15 is 0 Å². The number of aryl methyl sites for hydroxylation is 1. The zero-order chi connectivity index (χ0) is 13.8.